The molecular weight excluding hydrogens is 1440 g/mol. The number of rotatable bonds is 25. The smallest absolute Gasteiger partial charge is 0.408 e. The summed E-state index contributed by atoms with van der Waals surface area (Å²) in [4.78, 5) is 202. The lowest BCUT2D eigenvalue weighted by Crippen LogP contribution is -2.62. The second-order valence-corrected chi connectivity index (χ2v) is 34.7. The summed E-state index contributed by atoms with van der Waals surface area (Å²) in [5, 5.41) is 36.8. The molecule has 2 rings (SSSR count). The Bertz CT molecular complexity index is 3290. The second-order valence-electron chi connectivity index (χ2n) is 34.7. The van der Waals surface area contributed by atoms with Crippen molar-refractivity contribution in [3.63, 3.8) is 0 Å². The summed E-state index contributed by atoms with van der Waals surface area (Å²) < 4.78 is 39.7. The molecule has 0 aliphatic carbocycles. The molecule has 1 heterocycles. The van der Waals surface area contributed by atoms with E-state index in [2.05, 4.69) is 74.4 Å². The van der Waals surface area contributed by atoms with Crippen LogP contribution in [0, 0.1) is 5.92 Å². The first-order valence-corrected chi connectivity index (χ1v) is 37.7. The average Bonchev–Trinajstić information content (AvgIpc) is 1.19. The highest BCUT2D eigenvalue weighted by molar-refractivity contribution is 5.99. The van der Waals surface area contributed by atoms with E-state index in [1.807, 2.05) is 0 Å². The highest BCUT2D eigenvalue weighted by Crippen LogP contribution is 2.19. The van der Waals surface area contributed by atoms with Gasteiger partial charge in [-0.1, -0.05) is 44.2 Å². The van der Waals surface area contributed by atoms with E-state index in [1.165, 1.54) is 13.8 Å². The fourth-order valence-corrected chi connectivity index (χ4v) is 10.7. The summed E-state index contributed by atoms with van der Waals surface area (Å²) in [6, 6.07) is -6.54. The Labute approximate surface area is 654 Å². The van der Waals surface area contributed by atoms with Crippen molar-refractivity contribution in [2.75, 3.05) is 32.7 Å². The summed E-state index contributed by atoms with van der Waals surface area (Å²) in [7, 11) is 0. The lowest BCUT2D eigenvalue weighted by atomic mass is 10.00. The zero-order valence-electron chi connectivity index (χ0n) is 69.9. The van der Waals surface area contributed by atoms with E-state index in [0.29, 0.717) is 5.56 Å². The van der Waals surface area contributed by atoms with E-state index < -0.39 is 222 Å². The molecule has 1 aliphatic rings. The van der Waals surface area contributed by atoms with E-state index in [4.69, 9.17) is 33.2 Å². The summed E-state index contributed by atoms with van der Waals surface area (Å²) >= 11 is 0. The molecule has 14 amide bonds. The van der Waals surface area contributed by atoms with Gasteiger partial charge in [0.2, 0.25) is 53.2 Å². The first kappa shape index (κ1) is 97.8. The van der Waals surface area contributed by atoms with Crippen LogP contribution in [0.15, 0.2) is 30.3 Å². The monoisotopic (exact) mass is 1570 g/mol. The van der Waals surface area contributed by atoms with Crippen molar-refractivity contribution in [1.82, 2.24) is 74.4 Å². The molecule has 0 radical (unpaired) electrons. The third-order valence-electron chi connectivity index (χ3n) is 15.1. The van der Waals surface area contributed by atoms with Crippen molar-refractivity contribution in [2.24, 2.45) is 5.92 Å². The number of hydrogen-bond donors (Lipinski definition) is 14. The van der Waals surface area contributed by atoms with Crippen molar-refractivity contribution in [3.8, 4) is 0 Å². The molecule has 0 saturated carbocycles. The van der Waals surface area contributed by atoms with E-state index >= 15 is 33.6 Å². The van der Waals surface area contributed by atoms with Crippen LogP contribution in [0.25, 0.3) is 0 Å². The average molecular weight is 1580 g/mol. The molecule has 111 heavy (non-hydrogen) atoms. The summed E-state index contributed by atoms with van der Waals surface area (Å²) in [5.41, 5.74) is -6.34. The van der Waals surface area contributed by atoms with Gasteiger partial charge in [0, 0.05) is 39.1 Å². The SMILES string of the molecule is CC(C)C[C@@H]1NC(=O)[C@@H](Cc2ccccc2)NC(=O)[C@H](CCNC(=O)OC(C)(C)C)NC(=O)[C@@H](NC(=O)[C@H](CCNC(=O)OC(C)(C)C)NC(=O)[C@@H](NC(=O)OC(C)(C)C)[C@@H](C)OC(C)(C)C)CCNC(=O)[C@H]([C@@H](C)OC(C)(C)C)NC(=O)[C@H](CCNC(=O)OC(C)(C)C)NC(=O)[C@H](CCNC(=O)OC(C)(C)C)NC1=O. The minimum Gasteiger partial charge on any atom is -0.444 e. The Morgan fingerprint density at radius 1 is 0.414 bits per heavy atom. The highest BCUT2D eigenvalue weighted by atomic mass is 16.6. The largest absolute Gasteiger partial charge is 0.444 e. The first-order valence-electron chi connectivity index (χ1n) is 37.7. The minimum absolute atomic E-state index is 0.0884. The molecule has 35 heteroatoms. The van der Waals surface area contributed by atoms with E-state index in [0.717, 1.165) is 0 Å². The zero-order valence-corrected chi connectivity index (χ0v) is 69.9. The normalized spacial score (nSPS) is 20.5. The van der Waals surface area contributed by atoms with Gasteiger partial charge in [-0.05, 0) is 209 Å². The number of benzene rings is 1. The molecule has 0 bridgehead atoms. The van der Waals surface area contributed by atoms with Gasteiger partial charge in [0.05, 0.1) is 23.4 Å². The van der Waals surface area contributed by atoms with Crippen LogP contribution in [-0.4, -0.2) is 222 Å². The molecule has 0 spiro atoms. The lowest BCUT2D eigenvalue weighted by molar-refractivity contribution is -0.139. The number of ether oxygens (including phenoxy) is 7. The molecule has 0 unspecified atom stereocenters. The van der Waals surface area contributed by atoms with Gasteiger partial charge in [0.15, 0.2) is 0 Å². The van der Waals surface area contributed by atoms with Gasteiger partial charge in [-0.2, -0.15) is 0 Å². The standard InChI is InChI=1S/C76H130N14O21/c1-43(2)41-52-61(96)85-48(32-37-78-65(100)107-72(11,12)13)57(92)84-51(35-40-81-68(103)110-75(20,21)22)60(95)89-54(44(3)105-70(5,6)7)63(98)77-36-31-47(56(91)83-49(33-38-79-66(101)108-73(14,15)16)59(94)88-53(62(97)87-52)42-46-29-27-26-28-30-46)82-58(93)50(34-39-80-67(102)109-74(17,18)19)86-64(99)55(45(4)106-71(8,9)10)90-69(104)111-76(23,24)25/h26-30,43-45,47-55H,31-42H2,1-25H3,(H,77,98)(H,78,100)(H,79,101)(H,80,102)(H,81,103)(H,82,93)(H,83,91)(H,84,92)(H,85,96)(H,86,99)(H,87,97)(H,88,94)(H,89,95)(H,90,104)/t44-,45-,47+,48+,49+,50+,51+,52+,53-,54+,55+/m1/s1. The van der Waals surface area contributed by atoms with Crippen molar-refractivity contribution >= 4 is 83.6 Å². The van der Waals surface area contributed by atoms with Crippen LogP contribution in [0.1, 0.15) is 217 Å². The Kier molecular flexibility index (Phi) is 38.3. The van der Waals surface area contributed by atoms with E-state index in [9.17, 15) is 33.6 Å². The van der Waals surface area contributed by atoms with Crippen molar-refractivity contribution in [3.05, 3.63) is 35.9 Å². The molecule has 1 aromatic rings. The quantitative estimate of drug-likeness (QED) is 0.0593. The van der Waals surface area contributed by atoms with Crippen LogP contribution in [-0.2, 0) is 82.7 Å². The maximum Gasteiger partial charge on any atom is 0.408 e. The van der Waals surface area contributed by atoms with Gasteiger partial charge in [-0.3, -0.25) is 43.2 Å². The van der Waals surface area contributed by atoms with Crippen LogP contribution in [0.3, 0.4) is 0 Å². The van der Waals surface area contributed by atoms with Crippen LogP contribution >= 0.6 is 0 Å². The van der Waals surface area contributed by atoms with E-state index in [-0.39, 0.29) is 51.4 Å². The molecule has 0 aromatic heterocycles. The topological polar surface area (TPSA) is 472 Å². The molecule has 1 fully saturated rings. The molecular formula is C76H130N14O21. The number of carbonyl (C=O) groups excluding carboxylic acids is 14. The summed E-state index contributed by atoms with van der Waals surface area (Å²) in [6.07, 6.45) is -9.52. The van der Waals surface area contributed by atoms with Crippen LogP contribution in [0.2, 0.25) is 0 Å². The van der Waals surface area contributed by atoms with Gasteiger partial charge < -0.3 is 108 Å². The molecule has 630 valence electrons. The molecule has 11 atom stereocenters. The highest BCUT2D eigenvalue weighted by Gasteiger charge is 2.40. The number of carbonyl (C=O) groups is 14. The van der Waals surface area contributed by atoms with Gasteiger partial charge in [-0.25, -0.2) is 24.0 Å². The van der Waals surface area contributed by atoms with Crippen LogP contribution in [0.4, 0.5) is 24.0 Å². The molecule has 14 N–H and O–H groups in total. The predicted molar refractivity (Wildman–Crippen MR) is 412 cm³/mol. The third kappa shape index (κ3) is 42.6. The number of alkyl carbamates (subject to hydrolysis) is 5. The fourth-order valence-electron chi connectivity index (χ4n) is 10.7. The van der Waals surface area contributed by atoms with Crippen LogP contribution in [0.5, 0.6) is 0 Å². The van der Waals surface area contributed by atoms with Gasteiger partial charge in [0.25, 0.3) is 0 Å². The predicted octanol–water partition coefficient (Wildman–Crippen LogP) is 4.63. The van der Waals surface area contributed by atoms with Gasteiger partial charge in [-0.15, -0.1) is 0 Å². The lowest BCUT2D eigenvalue weighted by Gasteiger charge is -2.32. The maximum atomic E-state index is 15.5. The van der Waals surface area contributed by atoms with Crippen molar-refractivity contribution in [1.29, 1.82) is 0 Å². The summed E-state index contributed by atoms with van der Waals surface area (Å²) in [6.45, 7) is 38.9. The third-order valence-corrected chi connectivity index (χ3v) is 15.1. The van der Waals surface area contributed by atoms with Crippen molar-refractivity contribution in [2.45, 2.75) is 324 Å². The Hall–Kier alpha value is -9.28. The Balaban J connectivity index is 3.23. The molecule has 1 aromatic carbocycles. The zero-order chi connectivity index (χ0) is 85.0. The summed E-state index contributed by atoms with van der Waals surface area (Å²) in [5.74, 6) is -9.55. The molecule has 1 aliphatic heterocycles. The number of hydrogen-bond acceptors (Lipinski definition) is 21. The molecule has 1 saturated heterocycles. The fraction of sp³-hybridized carbons (Fsp3) is 0.737. The molecule has 35 nitrogen and oxygen atoms in total. The minimum atomic E-state index is -1.84. The second kappa shape index (κ2) is 43.5. The van der Waals surface area contributed by atoms with Crippen molar-refractivity contribution < 1.29 is 100 Å². The Morgan fingerprint density at radius 2 is 0.784 bits per heavy atom. The number of amides is 14. The number of nitrogens with one attached hydrogen (secondary N) is 14. The van der Waals surface area contributed by atoms with Crippen LogP contribution < -0.4 is 74.4 Å². The van der Waals surface area contributed by atoms with E-state index in [1.54, 1.807) is 190 Å². The Morgan fingerprint density at radius 3 is 1.20 bits per heavy atom. The maximum absolute atomic E-state index is 15.5. The van der Waals surface area contributed by atoms with Gasteiger partial charge >= 0.3 is 30.5 Å². The van der Waals surface area contributed by atoms with Gasteiger partial charge in [0.1, 0.15) is 82.4 Å². The first-order chi connectivity index (χ1) is 50.8.